The van der Waals surface area contributed by atoms with E-state index >= 15 is 0 Å². The number of hydrogen-bond donors (Lipinski definition) is 0. The molecule has 29 heavy (non-hydrogen) atoms. The minimum Gasteiger partial charge on any atom is -0.344 e. The zero-order valence-electron chi connectivity index (χ0n) is 16.1. The van der Waals surface area contributed by atoms with Crippen LogP contribution in [-0.2, 0) is 11.2 Å². The summed E-state index contributed by atoms with van der Waals surface area (Å²) in [7, 11) is 0. The van der Waals surface area contributed by atoms with Crippen molar-refractivity contribution in [1.29, 1.82) is 0 Å². The highest BCUT2D eigenvalue weighted by Gasteiger charge is 2.23. The number of aromatic nitrogens is 2. The number of rotatable bonds is 4. The molecule has 0 spiro atoms. The molecule has 6 heteroatoms. The molecule has 0 radical (unpaired) electrons. The molecule has 1 saturated heterocycles. The summed E-state index contributed by atoms with van der Waals surface area (Å²) in [6.45, 7) is 3.14. The first-order valence-corrected chi connectivity index (χ1v) is 10.8. The number of piperazine rings is 1. The number of anilines is 1. The number of carbonyl (C=O) groups excluding carboxylic acids is 1. The summed E-state index contributed by atoms with van der Waals surface area (Å²) < 4.78 is 0. The number of hydrogen-bond acceptors (Lipinski definition) is 5. The minimum atomic E-state index is 0.240. The lowest BCUT2D eigenvalue weighted by atomic mass is 10.0. The van der Waals surface area contributed by atoms with Gasteiger partial charge in [-0.2, -0.15) is 0 Å². The summed E-state index contributed by atoms with van der Waals surface area (Å²) in [4.78, 5) is 27.0. The Kier molecular flexibility index (Phi) is 4.86. The van der Waals surface area contributed by atoms with Gasteiger partial charge in [0.15, 0.2) is 5.13 Å². The summed E-state index contributed by atoms with van der Waals surface area (Å²) in [6, 6.07) is 18.7. The van der Waals surface area contributed by atoms with E-state index in [4.69, 9.17) is 0 Å². The van der Waals surface area contributed by atoms with Crippen molar-refractivity contribution in [2.45, 2.75) is 12.8 Å². The van der Waals surface area contributed by atoms with Gasteiger partial charge in [-0.25, -0.2) is 9.97 Å². The van der Waals surface area contributed by atoms with Crippen LogP contribution in [0.4, 0.5) is 5.13 Å². The van der Waals surface area contributed by atoms with Crippen LogP contribution in [0.15, 0.2) is 60.8 Å². The lowest BCUT2D eigenvalue weighted by Crippen LogP contribution is -2.48. The Labute approximate surface area is 173 Å². The molecule has 0 N–H and O–H groups in total. The Balaban J connectivity index is 1.17. The molecule has 4 aromatic rings. The molecule has 2 aromatic carbocycles. The maximum absolute atomic E-state index is 12.7. The molecule has 0 saturated carbocycles. The molecule has 5 nitrogen and oxygen atoms in total. The fraction of sp³-hybridized carbons (Fsp3) is 0.261. The van der Waals surface area contributed by atoms with Crippen molar-refractivity contribution in [3.05, 3.63) is 66.4 Å². The minimum absolute atomic E-state index is 0.240. The molecule has 146 valence electrons. The van der Waals surface area contributed by atoms with Gasteiger partial charge >= 0.3 is 0 Å². The van der Waals surface area contributed by atoms with Crippen molar-refractivity contribution in [2.24, 2.45) is 0 Å². The third kappa shape index (κ3) is 3.80. The predicted octanol–water partition coefficient (Wildman–Crippen LogP) is 4.13. The summed E-state index contributed by atoms with van der Waals surface area (Å²) in [5, 5.41) is 3.47. The van der Waals surface area contributed by atoms with Gasteiger partial charge in [0, 0.05) is 38.8 Å². The monoisotopic (exact) mass is 402 g/mol. The summed E-state index contributed by atoms with van der Waals surface area (Å²) in [5.41, 5.74) is 2.17. The first-order chi connectivity index (χ1) is 14.3. The lowest BCUT2D eigenvalue weighted by Gasteiger charge is -2.34. The van der Waals surface area contributed by atoms with Crippen LogP contribution in [0.2, 0.25) is 0 Å². The van der Waals surface area contributed by atoms with Gasteiger partial charge in [0.25, 0.3) is 0 Å². The van der Waals surface area contributed by atoms with E-state index in [-0.39, 0.29) is 5.91 Å². The van der Waals surface area contributed by atoms with Crippen LogP contribution in [-0.4, -0.2) is 47.0 Å². The molecule has 0 aliphatic carbocycles. The van der Waals surface area contributed by atoms with Crippen molar-refractivity contribution >= 4 is 43.5 Å². The van der Waals surface area contributed by atoms with Gasteiger partial charge in [0.1, 0.15) is 10.3 Å². The fourth-order valence-corrected chi connectivity index (χ4v) is 4.80. The molecule has 0 unspecified atom stereocenters. The van der Waals surface area contributed by atoms with Crippen molar-refractivity contribution in [3.8, 4) is 0 Å². The Hall–Kier alpha value is -2.99. The van der Waals surface area contributed by atoms with E-state index in [0.717, 1.165) is 48.1 Å². The van der Waals surface area contributed by atoms with Gasteiger partial charge in [0.2, 0.25) is 5.91 Å². The second-order valence-corrected chi connectivity index (χ2v) is 8.33. The van der Waals surface area contributed by atoms with Gasteiger partial charge in [-0.15, -0.1) is 0 Å². The molecule has 0 bridgehead atoms. The van der Waals surface area contributed by atoms with Crippen LogP contribution < -0.4 is 4.90 Å². The molecule has 1 aliphatic heterocycles. The Bertz CT molecular complexity index is 1130. The van der Waals surface area contributed by atoms with Gasteiger partial charge in [-0.05, 0) is 34.9 Å². The number of thiazole rings is 1. The second-order valence-electron chi connectivity index (χ2n) is 7.37. The van der Waals surface area contributed by atoms with Crippen LogP contribution in [0.5, 0.6) is 0 Å². The largest absolute Gasteiger partial charge is 0.344 e. The zero-order valence-corrected chi connectivity index (χ0v) is 16.9. The number of amides is 1. The van der Waals surface area contributed by atoms with Gasteiger partial charge in [-0.3, -0.25) is 4.79 Å². The van der Waals surface area contributed by atoms with E-state index in [0.29, 0.717) is 6.42 Å². The van der Waals surface area contributed by atoms with Crippen molar-refractivity contribution in [1.82, 2.24) is 14.9 Å². The average Bonchev–Trinajstić information content (AvgIpc) is 3.22. The molecule has 1 amide bonds. The SMILES string of the molecule is O=C(CCc1ccc2ccccc2c1)N1CCN(c2nc3cccnc3s2)CC1. The molecule has 0 atom stereocenters. The summed E-state index contributed by atoms with van der Waals surface area (Å²) in [5.74, 6) is 0.240. The van der Waals surface area contributed by atoms with Crippen LogP contribution >= 0.6 is 11.3 Å². The van der Waals surface area contributed by atoms with Crippen molar-refractivity contribution in [3.63, 3.8) is 0 Å². The first-order valence-electron chi connectivity index (χ1n) is 9.98. The standard InChI is InChI=1S/C23H22N4OS/c28-21(10-8-17-7-9-18-4-1-2-5-19(18)16-17)26-12-14-27(15-13-26)23-25-20-6-3-11-24-22(20)29-23/h1-7,9,11,16H,8,10,12-15H2. The third-order valence-electron chi connectivity index (χ3n) is 5.50. The Morgan fingerprint density at radius 3 is 2.62 bits per heavy atom. The van der Waals surface area contributed by atoms with Crippen LogP contribution in [0, 0.1) is 0 Å². The average molecular weight is 403 g/mol. The number of aryl methyl sites for hydroxylation is 1. The van der Waals surface area contributed by atoms with E-state index in [9.17, 15) is 4.79 Å². The van der Waals surface area contributed by atoms with Gasteiger partial charge in [-0.1, -0.05) is 53.8 Å². The molecule has 1 aliphatic rings. The van der Waals surface area contributed by atoms with E-state index in [2.05, 4.69) is 57.3 Å². The molecular weight excluding hydrogens is 380 g/mol. The highest BCUT2D eigenvalue weighted by atomic mass is 32.1. The smallest absolute Gasteiger partial charge is 0.223 e. The van der Waals surface area contributed by atoms with Crippen LogP contribution in [0.1, 0.15) is 12.0 Å². The van der Waals surface area contributed by atoms with Gasteiger partial charge in [0.05, 0.1) is 0 Å². The number of benzene rings is 2. The molecule has 1 fully saturated rings. The first kappa shape index (κ1) is 18.1. The number of nitrogens with zero attached hydrogens (tertiary/aromatic N) is 4. The van der Waals surface area contributed by atoms with Crippen molar-refractivity contribution < 1.29 is 4.79 Å². The van der Waals surface area contributed by atoms with E-state index in [1.54, 1.807) is 17.5 Å². The number of fused-ring (bicyclic) bond motifs is 2. The van der Waals surface area contributed by atoms with E-state index in [1.807, 2.05) is 17.0 Å². The van der Waals surface area contributed by atoms with E-state index < -0.39 is 0 Å². The third-order valence-corrected chi connectivity index (χ3v) is 6.54. The molecule has 5 rings (SSSR count). The Morgan fingerprint density at radius 1 is 0.966 bits per heavy atom. The van der Waals surface area contributed by atoms with Crippen molar-refractivity contribution in [2.75, 3.05) is 31.1 Å². The summed E-state index contributed by atoms with van der Waals surface area (Å²) >= 11 is 1.62. The highest BCUT2D eigenvalue weighted by Crippen LogP contribution is 2.27. The fourth-order valence-electron chi connectivity index (χ4n) is 3.84. The maximum atomic E-state index is 12.7. The predicted molar refractivity (Wildman–Crippen MR) is 118 cm³/mol. The maximum Gasteiger partial charge on any atom is 0.223 e. The summed E-state index contributed by atoms with van der Waals surface area (Å²) in [6.07, 6.45) is 3.15. The highest BCUT2D eigenvalue weighted by molar-refractivity contribution is 7.21. The quantitative estimate of drug-likeness (QED) is 0.515. The second kappa shape index (κ2) is 7.79. The van der Waals surface area contributed by atoms with E-state index in [1.165, 1.54) is 16.3 Å². The topological polar surface area (TPSA) is 49.3 Å². The molecule has 2 aromatic heterocycles. The Morgan fingerprint density at radius 2 is 1.79 bits per heavy atom. The number of carbonyl (C=O) groups is 1. The lowest BCUT2D eigenvalue weighted by molar-refractivity contribution is -0.131. The van der Waals surface area contributed by atoms with Crippen LogP contribution in [0.3, 0.4) is 0 Å². The normalized spacial score (nSPS) is 14.6. The van der Waals surface area contributed by atoms with Crippen LogP contribution in [0.25, 0.3) is 21.1 Å². The molecular formula is C23H22N4OS. The molecule has 3 heterocycles. The number of pyridine rings is 1. The van der Waals surface area contributed by atoms with Gasteiger partial charge < -0.3 is 9.80 Å². The zero-order chi connectivity index (χ0) is 19.6.